The number of hydrogen-bond donors (Lipinski definition) is 2. The second-order valence-electron chi connectivity index (χ2n) is 6.54. The summed E-state index contributed by atoms with van der Waals surface area (Å²) in [7, 11) is 0. The van der Waals surface area contributed by atoms with Crippen LogP contribution in [0.4, 0.5) is 0 Å². The van der Waals surface area contributed by atoms with E-state index in [1.54, 1.807) is 0 Å². The SMILES string of the molecule is CC(C)(N)C(C)(C)C(=O)NC1CC2CCC1O2. The van der Waals surface area contributed by atoms with Gasteiger partial charge in [0, 0.05) is 5.54 Å². The van der Waals surface area contributed by atoms with Crippen LogP contribution in [0.1, 0.15) is 47.0 Å². The summed E-state index contributed by atoms with van der Waals surface area (Å²) in [4.78, 5) is 12.3. The third-order valence-corrected chi connectivity index (χ3v) is 4.60. The van der Waals surface area contributed by atoms with Crippen molar-refractivity contribution in [3.05, 3.63) is 0 Å². The quantitative estimate of drug-likeness (QED) is 0.778. The molecule has 2 bridgehead atoms. The van der Waals surface area contributed by atoms with E-state index in [4.69, 9.17) is 10.5 Å². The highest BCUT2D eigenvalue weighted by molar-refractivity contribution is 5.83. The van der Waals surface area contributed by atoms with Crippen LogP contribution in [-0.4, -0.2) is 29.7 Å². The molecule has 3 unspecified atom stereocenters. The first kappa shape index (κ1) is 12.8. The lowest BCUT2D eigenvalue weighted by atomic mass is 9.74. The Bertz CT molecular complexity index is 320. The van der Waals surface area contributed by atoms with Crippen molar-refractivity contribution < 1.29 is 9.53 Å². The van der Waals surface area contributed by atoms with Gasteiger partial charge < -0.3 is 15.8 Å². The third-order valence-electron chi connectivity index (χ3n) is 4.60. The fourth-order valence-corrected chi connectivity index (χ4v) is 2.43. The van der Waals surface area contributed by atoms with Gasteiger partial charge in [-0.2, -0.15) is 0 Å². The normalized spacial score (nSPS) is 32.9. The number of hydrogen-bond acceptors (Lipinski definition) is 3. The molecule has 2 saturated heterocycles. The number of carbonyl (C=O) groups excluding carboxylic acids is 1. The van der Waals surface area contributed by atoms with Crippen molar-refractivity contribution in [2.24, 2.45) is 11.1 Å². The van der Waals surface area contributed by atoms with Crippen LogP contribution in [0.5, 0.6) is 0 Å². The van der Waals surface area contributed by atoms with E-state index >= 15 is 0 Å². The van der Waals surface area contributed by atoms with Crippen LogP contribution in [0.15, 0.2) is 0 Å². The van der Waals surface area contributed by atoms with Crippen LogP contribution in [0.3, 0.4) is 0 Å². The number of ether oxygens (including phenoxy) is 1. The van der Waals surface area contributed by atoms with Crippen LogP contribution >= 0.6 is 0 Å². The van der Waals surface area contributed by atoms with E-state index in [1.807, 2.05) is 27.7 Å². The Morgan fingerprint density at radius 2 is 1.94 bits per heavy atom. The summed E-state index contributed by atoms with van der Waals surface area (Å²) in [5.41, 5.74) is 4.97. The van der Waals surface area contributed by atoms with Crippen LogP contribution in [0.25, 0.3) is 0 Å². The molecule has 2 aliphatic rings. The summed E-state index contributed by atoms with van der Waals surface area (Å²) >= 11 is 0. The highest BCUT2D eigenvalue weighted by atomic mass is 16.5. The van der Waals surface area contributed by atoms with Gasteiger partial charge in [0.15, 0.2) is 0 Å². The fraction of sp³-hybridized carbons (Fsp3) is 0.923. The van der Waals surface area contributed by atoms with E-state index in [0.29, 0.717) is 6.10 Å². The minimum atomic E-state index is -0.575. The van der Waals surface area contributed by atoms with Gasteiger partial charge in [-0.15, -0.1) is 0 Å². The molecule has 2 fully saturated rings. The highest BCUT2D eigenvalue weighted by Crippen LogP contribution is 2.35. The molecule has 4 nitrogen and oxygen atoms in total. The number of nitrogens with one attached hydrogen (secondary N) is 1. The minimum Gasteiger partial charge on any atom is -0.373 e. The monoisotopic (exact) mass is 240 g/mol. The van der Waals surface area contributed by atoms with Crippen LogP contribution < -0.4 is 11.1 Å². The number of amides is 1. The van der Waals surface area contributed by atoms with Gasteiger partial charge in [0.05, 0.1) is 23.7 Å². The fourth-order valence-electron chi connectivity index (χ4n) is 2.43. The summed E-state index contributed by atoms with van der Waals surface area (Å²) in [6.45, 7) is 7.58. The lowest BCUT2D eigenvalue weighted by Crippen LogP contribution is -2.58. The van der Waals surface area contributed by atoms with Gasteiger partial charge in [0.25, 0.3) is 0 Å². The number of fused-ring (bicyclic) bond motifs is 2. The van der Waals surface area contributed by atoms with Gasteiger partial charge in [-0.3, -0.25) is 4.79 Å². The van der Waals surface area contributed by atoms with E-state index in [9.17, 15) is 4.79 Å². The van der Waals surface area contributed by atoms with Crippen molar-refractivity contribution in [1.82, 2.24) is 5.32 Å². The van der Waals surface area contributed by atoms with Gasteiger partial charge in [0.2, 0.25) is 5.91 Å². The molecule has 2 heterocycles. The van der Waals surface area contributed by atoms with Gasteiger partial charge >= 0.3 is 0 Å². The van der Waals surface area contributed by atoms with Gasteiger partial charge in [-0.05, 0) is 47.0 Å². The molecular formula is C13H24N2O2. The molecule has 0 aromatic heterocycles. The molecule has 3 atom stereocenters. The molecular weight excluding hydrogens is 216 g/mol. The summed E-state index contributed by atoms with van der Waals surface area (Å²) in [5, 5.41) is 3.11. The molecule has 0 radical (unpaired) electrons. The molecule has 4 heteroatoms. The summed E-state index contributed by atoms with van der Waals surface area (Å²) in [6, 6.07) is 0.183. The van der Waals surface area contributed by atoms with Crippen molar-refractivity contribution in [2.75, 3.05) is 0 Å². The van der Waals surface area contributed by atoms with Crippen LogP contribution in [0.2, 0.25) is 0 Å². The Kier molecular flexibility index (Phi) is 2.99. The van der Waals surface area contributed by atoms with E-state index in [0.717, 1.165) is 19.3 Å². The van der Waals surface area contributed by atoms with E-state index in [-0.39, 0.29) is 18.1 Å². The molecule has 2 rings (SSSR count). The lowest BCUT2D eigenvalue weighted by Gasteiger charge is -2.38. The van der Waals surface area contributed by atoms with E-state index in [2.05, 4.69) is 5.32 Å². The predicted octanol–water partition coefficient (Wildman–Crippen LogP) is 1.19. The Labute approximate surface area is 103 Å². The zero-order chi connectivity index (χ0) is 12.8. The van der Waals surface area contributed by atoms with Gasteiger partial charge in [-0.1, -0.05) is 0 Å². The maximum absolute atomic E-state index is 12.3. The number of nitrogens with two attached hydrogens (primary N) is 1. The molecule has 0 aromatic rings. The van der Waals surface area contributed by atoms with Gasteiger partial charge in [0.1, 0.15) is 0 Å². The Balaban J connectivity index is 1.98. The minimum absolute atomic E-state index is 0.0335. The van der Waals surface area contributed by atoms with Crippen molar-refractivity contribution in [3.63, 3.8) is 0 Å². The summed E-state index contributed by atoms with van der Waals surface area (Å²) in [6.07, 6.45) is 3.75. The van der Waals surface area contributed by atoms with Crippen molar-refractivity contribution in [2.45, 2.75) is 70.7 Å². The van der Waals surface area contributed by atoms with E-state index < -0.39 is 11.0 Å². The zero-order valence-electron chi connectivity index (χ0n) is 11.2. The predicted molar refractivity (Wildman–Crippen MR) is 66.5 cm³/mol. The molecule has 0 saturated carbocycles. The van der Waals surface area contributed by atoms with Gasteiger partial charge in [-0.25, -0.2) is 0 Å². The molecule has 1 amide bonds. The van der Waals surface area contributed by atoms with Crippen molar-refractivity contribution in [1.29, 1.82) is 0 Å². The highest BCUT2D eigenvalue weighted by Gasteiger charge is 2.45. The molecule has 17 heavy (non-hydrogen) atoms. The van der Waals surface area contributed by atoms with Crippen molar-refractivity contribution in [3.8, 4) is 0 Å². The molecule has 2 aliphatic heterocycles. The first-order chi connectivity index (χ1) is 7.72. The first-order valence-corrected chi connectivity index (χ1v) is 6.47. The molecule has 0 aromatic carbocycles. The van der Waals surface area contributed by atoms with Crippen LogP contribution in [0, 0.1) is 5.41 Å². The maximum Gasteiger partial charge on any atom is 0.227 e. The molecule has 98 valence electrons. The maximum atomic E-state index is 12.3. The topological polar surface area (TPSA) is 64.4 Å². The first-order valence-electron chi connectivity index (χ1n) is 6.47. The van der Waals surface area contributed by atoms with Crippen molar-refractivity contribution >= 4 is 5.91 Å². The Morgan fingerprint density at radius 1 is 1.29 bits per heavy atom. The van der Waals surface area contributed by atoms with E-state index in [1.165, 1.54) is 0 Å². The second-order valence-corrected chi connectivity index (χ2v) is 6.54. The second kappa shape index (κ2) is 3.95. The Morgan fingerprint density at radius 3 is 2.35 bits per heavy atom. The molecule has 3 N–H and O–H groups in total. The average Bonchev–Trinajstić information content (AvgIpc) is 2.76. The summed E-state index contributed by atoms with van der Waals surface area (Å²) in [5.74, 6) is 0.0335. The molecule has 0 aliphatic carbocycles. The number of rotatable bonds is 3. The summed E-state index contributed by atoms with van der Waals surface area (Å²) < 4.78 is 5.74. The zero-order valence-corrected chi connectivity index (χ0v) is 11.2. The largest absolute Gasteiger partial charge is 0.373 e. The Hall–Kier alpha value is -0.610. The van der Waals surface area contributed by atoms with Crippen LogP contribution in [-0.2, 0) is 9.53 Å². The average molecular weight is 240 g/mol. The lowest BCUT2D eigenvalue weighted by molar-refractivity contribution is -0.133. The number of carbonyl (C=O) groups is 1. The molecule has 0 spiro atoms. The smallest absolute Gasteiger partial charge is 0.227 e. The third kappa shape index (κ3) is 2.20. The standard InChI is InChI=1S/C13H24N2O2/c1-12(2,13(3,4)14)11(16)15-9-7-8-5-6-10(9)17-8/h8-10H,5-7,14H2,1-4H3,(H,15,16).